The lowest BCUT2D eigenvalue weighted by Crippen LogP contribution is -2.17. The van der Waals surface area contributed by atoms with Gasteiger partial charge in [0.2, 0.25) is 0 Å². The Kier molecular flexibility index (Phi) is 3.77. The summed E-state index contributed by atoms with van der Waals surface area (Å²) in [5.41, 5.74) is 9.67. The van der Waals surface area contributed by atoms with E-state index in [9.17, 15) is 0 Å². The van der Waals surface area contributed by atoms with Crippen molar-refractivity contribution in [2.45, 2.75) is 26.3 Å². The van der Waals surface area contributed by atoms with E-state index in [1.807, 2.05) is 6.92 Å². The second-order valence-corrected chi connectivity index (χ2v) is 3.99. The number of H-pyrrole nitrogens is 1. The van der Waals surface area contributed by atoms with Crippen LogP contribution in [0.1, 0.15) is 18.1 Å². The first-order valence-electron chi connectivity index (χ1n) is 4.99. The van der Waals surface area contributed by atoms with E-state index in [0.717, 1.165) is 6.42 Å². The number of fused-ring (bicyclic) bond motifs is 1. The molecule has 0 aliphatic heterocycles. The molecule has 1 unspecified atom stereocenters. The monoisotopic (exact) mass is 224 g/mol. The predicted molar refractivity (Wildman–Crippen MR) is 67.6 cm³/mol. The van der Waals surface area contributed by atoms with Crippen molar-refractivity contribution in [1.82, 2.24) is 4.98 Å². The predicted octanol–water partition coefficient (Wildman–Crippen LogP) is 2.79. The molecular weight excluding hydrogens is 208 g/mol. The fourth-order valence-electron chi connectivity index (χ4n) is 1.96. The zero-order valence-corrected chi connectivity index (χ0v) is 9.90. The van der Waals surface area contributed by atoms with Crippen molar-refractivity contribution in [2.24, 2.45) is 5.73 Å². The fourth-order valence-corrected chi connectivity index (χ4v) is 1.96. The van der Waals surface area contributed by atoms with Crippen molar-refractivity contribution in [1.29, 1.82) is 0 Å². The topological polar surface area (TPSA) is 41.8 Å². The third-order valence-electron chi connectivity index (χ3n) is 2.54. The Hall–Kier alpha value is -0.990. The van der Waals surface area contributed by atoms with Gasteiger partial charge >= 0.3 is 0 Å². The van der Waals surface area contributed by atoms with Gasteiger partial charge < -0.3 is 10.7 Å². The van der Waals surface area contributed by atoms with Gasteiger partial charge in [-0.05, 0) is 37.5 Å². The van der Waals surface area contributed by atoms with Crippen LogP contribution in [0.4, 0.5) is 0 Å². The van der Waals surface area contributed by atoms with Crippen LogP contribution in [-0.2, 0) is 6.42 Å². The summed E-state index contributed by atoms with van der Waals surface area (Å²) in [5.74, 6) is 0. The summed E-state index contributed by atoms with van der Waals surface area (Å²) in [4.78, 5) is 3.28. The van der Waals surface area contributed by atoms with Crippen LogP contribution in [-0.4, -0.2) is 11.0 Å². The lowest BCUT2D eigenvalue weighted by Gasteiger charge is -2.04. The highest BCUT2D eigenvalue weighted by Crippen LogP contribution is 2.22. The molecule has 0 spiro atoms. The second-order valence-electron chi connectivity index (χ2n) is 3.99. The van der Waals surface area contributed by atoms with Crippen LogP contribution >= 0.6 is 12.4 Å². The SMILES string of the molecule is Cc1cccc2[nH]cc(CC(C)N)c12.Cl. The molecule has 15 heavy (non-hydrogen) atoms. The molecule has 1 aromatic carbocycles. The molecule has 0 bridgehead atoms. The van der Waals surface area contributed by atoms with Gasteiger partial charge in [-0.25, -0.2) is 0 Å². The summed E-state index contributed by atoms with van der Waals surface area (Å²) in [5, 5.41) is 1.34. The standard InChI is InChI=1S/C12H16N2.ClH/c1-8-4-3-5-11-12(8)10(7-14-11)6-9(2)13;/h3-5,7,9,14H,6,13H2,1-2H3;1H. The third kappa shape index (κ3) is 2.33. The number of halogens is 1. The van der Waals surface area contributed by atoms with Crippen molar-refractivity contribution in [3.63, 3.8) is 0 Å². The lowest BCUT2D eigenvalue weighted by atomic mass is 10.0. The van der Waals surface area contributed by atoms with Crippen molar-refractivity contribution in [3.8, 4) is 0 Å². The number of hydrogen-bond acceptors (Lipinski definition) is 1. The molecule has 2 rings (SSSR count). The van der Waals surface area contributed by atoms with Gasteiger partial charge in [0.15, 0.2) is 0 Å². The molecule has 3 heteroatoms. The van der Waals surface area contributed by atoms with E-state index in [1.54, 1.807) is 0 Å². The van der Waals surface area contributed by atoms with Crippen LogP contribution in [0.5, 0.6) is 0 Å². The second kappa shape index (κ2) is 4.69. The van der Waals surface area contributed by atoms with Crippen molar-refractivity contribution in [3.05, 3.63) is 35.5 Å². The van der Waals surface area contributed by atoms with E-state index >= 15 is 0 Å². The van der Waals surface area contributed by atoms with Crippen LogP contribution in [0.2, 0.25) is 0 Å². The highest BCUT2D eigenvalue weighted by Gasteiger charge is 2.07. The van der Waals surface area contributed by atoms with Gasteiger partial charge in [-0.15, -0.1) is 12.4 Å². The molecular formula is C12H17ClN2. The summed E-state index contributed by atoms with van der Waals surface area (Å²) in [6.45, 7) is 4.18. The fraction of sp³-hybridized carbons (Fsp3) is 0.333. The Morgan fingerprint density at radius 3 is 2.80 bits per heavy atom. The minimum Gasteiger partial charge on any atom is -0.361 e. The first-order valence-corrected chi connectivity index (χ1v) is 4.99. The summed E-state index contributed by atoms with van der Waals surface area (Å²) in [7, 11) is 0. The minimum atomic E-state index is 0. The van der Waals surface area contributed by atoms with E-state index < -0.39 is 0 Å². The van der Waals surface area contributed by atoms with Gasteiger partial charge in [0.05, 0.1) is 0 Å². The minimum absolute atomic E-state index is 0. The molecule has 0 amide bonds. The molecule has 0 saturated heterocycles. The molecule has 0 saturated carbocycles. The molecule has 1 aromatic heterocycles. The Morgan fingerprint density at radius 2 is 2.13 bits per heavy atom. The van der Waals surface area contributed by atoms with Gasteiger partial charge in [0.25, 0.3) is 0 Å². The molecule has 0 aliphatic carbocycles. The normalized spacial score (nSPS) is 12.5. The van der Waals surface area contributed by atoms with E-state index in [4.69, 9.17) is 5.73 Å². The number of aromatic nitrogens is 1. The zero-order valence-electron chi connectivity index (χ0n) is 9.08. The summed E-state index contributed by atoms with van der Waals surface area (Å²) in [6.07, 6.45) is 3.01. The molecule has 1 heterocycles. The maximum atomic E-state index is 5.81. The number of nitrogens with one attached hydrogen (secondary N) is 1. The number of aromatic amines is 1. The van der Waals surface area contributed by atoms with E-state index in [2.05, 4.69) is 36.3 Å². The van der Waals surface area contributed by atoms with Crippen molar-refractivity contribution in [2.75, 3.05) is 0 Å². The van der Waals surface area contributed by atoms with E-state index in [0.29, 0.717) is 0 Å². The molecule has 2 aromatic rings. The molecule has 1 atom stereocenters. The van der Waals surface area contributed by atoms with Crippen molar-refractivity contribution >= 4 is 23.3 Å². The molecule has 0 radical (unpaired) electrons. The first-order chi connectivity index (χ1) is 6.68. The number of rotatable bonds is 2. The smallest absolute Gasteiger partial charge is 0.0459 e. The van der Waals surface area contributed by atoms with E-state index in [-0.39, 0.29) is 18.4 Å². The van der Waals surface area contributed by atoms with Gasteiger partial charge in [0, 0.05) is 23.1 Å². The Bertz CT molecular complexity index is 446. The number of benzene rings is 1. The first kappa shape index (κ1) is 12.1. The Balaban J connectivity index is 0.00000112. The summed E-state index contributed by atoms with van der Waals surface area (Å²) < 4.78 is 0. The maximum Gasteiger partial charge on any atom is 0.0459 e. The highest BCUT2D eigenvalue weighted by atomic mass is 35.5. The van der Waals surface area contributed by atoms with Crippen LogP contribution in [0, 0.1) is 6.92 Å². The highest BCUT2D eigenvalue weighted by molar-refractivity contribution is 5.86. The number of nitrogens with two attached hydrogens (primary N) is 1. The number of aryl methyl sites for hydroxylation is 1. The van der Waals surface area contributed by atoms with Gasteiger partial charge in [0.1, 0.15) is 0 Å². The van der Waals surface area contributed by atoms with E-state index in [1.165, 1.54) is 22.0 Å². The van der Waals surface area contributed by atoms with Crippen LogP contribution in [0.15, 0.2) is 24.4 Å². The molecule has 2 nitrogen and oxygen atoms in total. The summed E-state index contributed by atoms with van der Waals surface area (Å²) in [6, 6.07) is 6.53. The average Bonchev–Trinajstić information content (AvgIpc) is 2.49. The maximum absolute atomic E-state index is 5.81. The van der Waals surface area contributed by atoms with Gasteiger partial charge in [-0.1, -0.05) is 12.1 Å². The largest absolute Gasteiger partial charge is 0.361 e. The lowest BCUT2D eigenvalue weighted by molar-refractivity contribution is 0.741. The van der Waals surface area contributed by atoms with Crippen LogP contribution in [0.3, 0.4) is 0 Å². The molecule has 3 N–H and O–H groups in total. The number of hydrogen-bond donors (Lipinski definition) is 2. The third-order valence-corrected chi connectivity index (χ3v) is 2.54. The van der Waals surface area contributed by atoms with Crippen molar-refractivity contribution < 1.29 is 0 Å². The van der Waals surface area contributed by atoms with Gasteiger partial charge in [-0.2, -0.15) is 0 Å². The van der Waals surface area contributed by atoms with Crippen LogP contribution < -0.4 is 5.73 Å². The van der Waals surface area contributed by atoms with Crippen LogP contribution in [0.25, 0.3) is 10.9 Å². The molecule has 0 aliphatic rings. The van der Waals surface area contributed by atoms with Gasteiger partial charge in [-0.3, -0.25) is 0 Å². The average molecular weight is 225 g/mol. The molecule has 82 valence electrons. The Morgan fingerprint density at radius 1 is 1.40 bits per heavy atom. The molecule has 0 fully saturated rings. The summed E-state index contributed by atoms with van der Waals surface area (Å²) >= 11 is 0. The zero-order chi connectivity index (χ0) is 10.1. The Labute approximate surface area is 96.3 Å². The quantitative estimate of drug-likeness (QED) is 0.810.